The van der Waals surface area contributed by atoms with Crippen LogP contribution in [0.1, 0.15) is 18.4 Å². The summed E-state index contributed by atoms with van der Waals surface area (Å²) in [5.74, 6) is 1.36. The molecule has 0 unspecified atom stereocenters. The Labute approximate surface area is 160 Å². The van der Waals surface area contributed by atoms with Gasteiger partial charge in [-0.2, -0.15) is 13.2 Å². The molecule has 1 saturated carbocycles. The van der Waals surface area contributed by atoms with Gasteiger partial charge in [-0.05, 0) is 24.8 Å². The lowest BCUT2D eigenvalue weighted by Crippen LogP contribution is -2.40. The number of hydrogen-bond acceptors (Lipinski definition) is 3. The van der Waals surface area contributed by atoms with E-state index in [1.165, 1.54) is 12.8 Å². The Morgan fingerprint density at radius 3 is 2.67 bits per heavy atom. The van der Waals surface area contributed by atoms with E-state index in [1.54, 1.807) is 7.05 Å². The molecule has 1 heterocycles. The fourth-order valence-electron chi connectivity index (χ4n) is 1.79. The predicted octanol–water partition coefficient (Wildman–Crippen LogP) is 3.33. The third kappa shape index (κ3) is 6.88. The van der Waals surface area contributed by atoms with Crippen molar-refractivity contribution in [3.8, 4) is 5.88 Å². The zero-order chi connectivity index (χ0) is 16.9. The van der Waals surface area contributed by atoms with Gasteiger partial charge in [-0.25, -0.2) is 4.98 Å². The van der Waals surface area contributed by atoms with Crippen LogP contribution in [0.25, 0.3) is 0 Å². The first-order valence-electron chi connectivity index (χ1n) is 7.20. The van der Waals surface area contributed by atoms with Gasteiger partial charge in [0.2, 0.25) is 5.88 Å². The normalized spacial score (nSPS) is 14.8. The summed E-state index contributed by atoms with van der Waals surface area (Å²) < 4.78 is 42.8. The van der Waals surface area contributed by atoms with E-state index < -0.39 is 11.7 Å². The number of halogens is 5. The lowest BCUT2D eigenvalue weighted by molar-refractivity contribution is -0.137. The predicted molar refractivity (Wildman–Crippen MR) is 97.2 cm³/mol. The number of aliphatic imine (C=N–C) groups is 1. The van der Waals surface area contributed by atoms with Gasteiger partial charge in [0.15, 0.2) is 5.96 Å². The molecular formula is C14H19ClF3IN4O. The Bertz CT molecular complexity index is 567. The highest BCUT2D eigenvalue weighted by Crippen LogP contribution is 2.33. The molecule has 1 aliphatic rings. The Morgan fingerprint density at radius 1 is 1.42 bits per heavy atom. The summed E-state index contributed by atoms with van der Waals surface area (Å²) in [6.07, 6.45) is -1.29. The first-order valence-corrected chi connectivity index (χ1v) is 7.58. The highest BCUT2D eigenvalue weighted by atomic mass is 127. The van der Waals surface area contributed by atoms with Crippen LogP contribution < -0.4 is 15.4 Å². The summed E-state index contributed by atoms with van der Waals surface area (Å²) in [5.41, 5.74) is -0.905. The highest BCUT2D eigenvalue weighted by Gasteiger charge is 2.31. The molecule has 24 heavy (non-hydrogen) atoms. The van der Waals surface area contributed by atoms with Crippen molar-refractivity contribution < 1.29 is 17.9 Å². The van der Waals surface area contributed by atoms with Crippen molar-refractivity contribution in [3.63, 3.8) is 0 Å². The summed E-state index contributed by atoms with van der Waals surface area (Å²) >= 11 is 5.75. The fourth-order valence-corrected chi connectivity index (χ4v) is 2.01. The van der Waals surface area contributed by atoms with E-state index in [2.05, 4.69) is 20.6 Å². The number of nitrogens with zero attached hydrogens (tertiary/aromatic N) is 2. The maximum absolute atomic E-state index is 12.5. The van der Waals surface area contributed by atoms with Crippen LogP contribution in [0.4, 0.5) is 13.2 Å². The summed E-state index contributed by atoms with van der Waals surface area (Å²) in [6, 6.07) is 0.799. The van der Waals surface area contributed by atoms with Crippen LogP contribution in [0.2, 0.25) is 5.02 Å². The molecule has 0 aromatic carbocycles. The molecule has 2 N–H and O–H groups in total. The van der Waals surface area contributed by atoms with E-state index in [0.717, 1.165) is 18.5 Å². The third-order valence-corrected chi connectivity index (χ3v) is 3.52. The lowest BCUT2D eigenvalue weighted by Gasteiger charge is -2.13. The number of pyridine rings is 1. The molecule has 0 radical (unpaired) electrons. The molecule has 1 fully saturated rings. The van der Waals surface area contributed by atoms with E-state index >= 15 is 0 Å². The second kappa shape index (κ2) is 9.50. The molecule has 0 bridgehead atoms. The molecule has 10 heteroatoms. The molecule has 0 spiro atoms. The summed E-state index contributed by atoms with van der Waals surface area (Å²) in [5, 5.41) is 6.05. The zero-order valence-electron chi connectivity index (χ0n) is 13.0. The quantitative estimate of drug-likeness (QED) is 0.285. The molecule has 2 rings (SSSR count). The van der Waals surface area contributed by atoms with Crippen molar-refractivity contribution in [2.24, 2.45) is 10.9 Å². The van der Waals surface area contributed by atoms with Gasteiger partial charge >= 0.3 is 6.18 Å². The number of ether oxygens (including phenoxy) is 1. The Kier molecular flexibility index (Phi) is 8.34. The molecular weight excluding hydrogens is 460 g/mol. The van der Waals surface area contributed by atoms with E-state index in [0.29, 0.717) is 18.7 Å². The topological polar surface area (TPSA) is 58.5 Å². The minimum absolute atomic E-state index is 0. The SMILES string of the molecule is CN=C(NCCOc1ncc(C(F)(F)F)cc1Cl)NCC1CC1.I. The Morgan fingerprint density at radius 2 is 2.12 bits per heavy atom. The van der Waals surface area contributed by atoms with Crippen LogP contribution >= 0.6 is 35.6 Å². The van der Waals surface area contributed by atoms with Gasteiger partial charge in [-0.3, -0.25) is 4.99 Å². The average Bonchev–Trinajstić information content (AvgIpc) is 3.31. The Hall–Kier alpha value is -0.970. The van der Waals surface area contributed by atoms with Gasteiger partial charge in [0.05, 0.1) is 12.1 Å². The first-order chi connectivity index (χ1) is 10.9. The number of nitrogens with one attached hydrogen (secondary N) is 2. The van der Waals surface area contributed by atoms with Crippen molar-refractivity contribution in [1.82, 2.24) is 15.6 Å². The van der Waals surface area contributed by atoms with Crippen LogP contribution in [0.15, 0.2) is 17.3 Å². The number of guanidine groups is 1. The van der Waals surface area contributed by atoms with Crippen LogP contribution in [0, 0.1) is 5.92 Å². The molecule has 1 aliphatic carbocycles. The summed E-state index contributed by atoms with van der Waals surface area (Å²) in [7, 11) is 1.66. The van der Waals surface area contributed by atoms with Crippen LogP contribution in [-0.2, 0) is 6.18 Å². The summed E-state index contributed by atoms with van der Waals surface area (Å²) in [6.45, 7) is 1.50. The van der Waals surface area contributed by atoms with Crippen molar-refractivity contribution in [1.29, 1.82) is 0 Å². The van der Waals surface area contributed by atoms with E-state index in [-0.39, 0.29) is 41.5 Å². The van der Waals surface area contributed by atoms with Crippen LogP contribution in [0.3, 0.4) is 0 Å². The molecule has 5 nitrogen and oxygen atoms in total. The minimum atomic E-state index is -4.48. The van der Waals surface area contributed by atoms with E-state index in [4.69, 9.17) is 16.3 Å². The molecule has 1 aromatic rings. The third-order valence-electron chi connectivity index (χ3n) is 3.25. The van der Waals surface area contributed by atoms with Gasteiger partial charge in [-0.15, -0.1) is 24.0 Å². The monoisotopic (exact) mass is 478 g/mol. The highest BCUT2D eigenvalue weighted by molar-refractivity contribution is 14.0. The largest absolute Gasteiger partial charge is 0.475 e. The Balaban J connectivity index is 0.00000288. The van der Waals surface area contributed by atoms with Crippen LogP contribution in [-0.4, -0.2) is 37.7 Å². The minimum Gasteiger partial charge on any atom is -0.475 e. The maximum atomic E-state index is 12.5. The molecule has 136 valence electrons. The molecule has 0 aliphatic heterocycles. The molecule has 0 saturated heterocycles. The summed E-state index contributed by atoms with van der Waals surface area (Å²) in [4.78, 5) is 7.66. The fraction of sp³-hybridized carbons (Fsp3) is 0.571. The standard InChI is InChI=1S/C14H18ClF3N4O.HI/c1-19-13(22-7-9-2-3-9)20-4-5-23-12-11(15)6-10(8-21-12)14(16,17)18;/h6,8-9H,2-5,7H2,1H3,(H2,19,20,22);1H. The zero-order valence-corrected chi connectivity index (χ0v) is 16.1. The van der Waals surface area contributed by atoms with Gasteiger partial charge in [0.1, 0.15) is 11.6 Å². The van der Waals surface area contributed by atoms with Gasteiger partial charge < -0.3 is 15.4 Å². The van der Waals surface area contributed by atoms with E-state index in [9.17, 15) is 13.2 Å². The first kappa shape index (κ1) is 21.1. The van der Waals surface area contributed by atoms with Crippen molar-refractivity contribution in [3.05, 3.63) is 22.8 Å². The second-order valence-corrected chi connectivity index (χ2v) is 5.59. The van der Waals surface area contributed by atoms with Crippen molar-refractivity contribution in [2.45, 2.75) is 19.0 Å². The smallest absolute Gasteiger partial charge is 0.417 e. The lowest BCUT2D eigenvalue weighted by atomic mass is 10.3. The van der Waals surface area contributed by atoms with Crippen molar-refractivity contribution in [2.75, 3.05) is 26.7 Å². The van der Waals surface area contributed by atoms with Gasteiger partial charge in [-0.1, -0.05) is 11.6 Å². The number of hydrogen-bond donors (Lipinski definition) is 2. The molecule has 1 aromatic heterocycles. The molecule has 0 atom stereocenters. The number of rotatable bonds is 6. The van der Waals surface area contributed by atoms with Crippen molar-refractivity contribution >= 4 is 41.5 Å². The number of aromatic nitrogens is 1. The van der Waals surface area contributed by atoms with Gasteiger partial charge in [0.25, 0.3) is 0 Å². The number of alkyl halides is 3. The maximum Gasteiger partial charge on any atom is 0.417 e. The van der Waals surface area contributed by atoms with Gasteiger partial charge in [0, 0.05) is 19.8 Å². The molecule has 0 amide bonds. The second-order valence-electron chi connectivity index (χ2n) is 5.18. The van der Waals surface area contributed by atoms with E-state index in [1.807, 2.05) is 0 Å². The average molecular weight is 479 g/mol. The van der Waals surface area contributed by atoms with Crippen LogP contribution in [0.5, 0.6) is 5.88 Å².